The van der Waals surface area contributed by atoms with Crippen molar-refractivity contribution in [2.45, 2.75) is 45.6 Å². The van der Waals surface area contributed by atoms with E-state index in [1.165, 1.54) is 5.01 Å². The van der Waals surface area contributed by atoms with Gasteiger partial charge in [-0.25, -0.2) is 14.8 Å². The molecule has 6 heteroatoms. The number of rotatable bonds is 2. The average Bonchev–Trinajstić information content (AvgIpc) is 2.70. The van der Waals surface area contributed by atoms with Gasteiger partial charge in [-0.05, 0) is 52.6 Å². The van der Waals surface area contributed by atoms with Crippen LogP contribution in [0.2, 0.25) is 0 Å². The second kappa shape index (κ2) is 5.99. The quantitative estimate of drug-likeness (QED) is 0.831. The van der Waals surface area contributed by atoms with Crippen LogP contribution in [0.4, 0.5) is 4.79 Å². The van der Waals surface area contributed by atoms with Crippen LogP contribution in [-0.2, 0) is 9.53 Å². The van der Waals surface area contributed by atoms with Gasteiger partial charge >= 0.3 is 6.09 Å². The maximum atomic E-state index is 12.2. The van der Waals surface area contributed by atoms with Crippen molar-refractivity contribution < 1.29 is 14.3 Å². The average molecular weight is 283 g/mol. The molecule has 2 aliphatic heterocycles. The van der Waals surface area contributed by atoms with Crippen molar-refractivity contribution in [1.82, 2.24) is 15.3 Å². The van der Waals surface area contributed by atoms with Gasteiger partial charge in [-0.1, -0.05) is 0 Å². The SMILES string of the molecule is CC(C)(C)OC(=O)N1CCC(=O)N1CC1CCCNC1. The summed E-state index contributed by atoms with van der Waals surface area (Å²) < 4.78 is 5.37. The van der Waals surface area contributed by atoms with Crippen molar-refractivity contribution in [3.63, 3.8) is 0 Å². The molecular weight excluding hydrogens is 258 g/mol. The minimum Gasteiger partial charge on any atom is -0.442 e. The number of hydrazine groups is 1. The molecule has 2 heterocycles. The molecule has 2 saturated heterocycles. The lowest BCUT2D eigenvalue weighted by atomic mass is 9.99. The first-order chi connectivity index (χ1) is 9.37. The van der Waals surface area contributed by atoms with Gasteiger partial charge in [0.05, 0.1) is 6.54 Å². The molecule has 2 amide bonds. The van der Waals surface area contributed by atoms with Gasteiger partial charge in [0.15, 0.2) is 0 Å². The van der Waals surface area contributed by atoms with Crippen molar-refractivity contribution >= 4 is 12.0 Å². The summed E-state index contributed by atoms with van der Waals surface area (Å²) in [7, 11) is 0. The fourth-order valence-electron chi connectivity index (χ4n) is 2.62. The first-order valence-electron chi connectivity index (χ1n) is 7.38. The predicted molar refractivity (Wildman–Crippen MR) is 74.9 cm³/mol. The van der Waals surface area contributed by atoms with Gasteiger partial charge < -0.3 is 10.1 Å². The fourth-order valence-corrected chi connectivity index (χ4v) is 2.62. The fraction of sp³-hybridized carbons (Fsp3) is 0.857. The molecule has 0 bridgehead atoms. The minimum absolute atomic E-state index is 0.0152. The van der Waals surface area contributed by atoms with Crippen molar-refractivity contribution in [2.24, 2.45) is 5.92 Å². The number of nitrogens with one attached hydrogen (secondary N) is 1. The third-order valence-corrected chi connectivity index (χ3v) is 3.55. The van der Waals surface area contributed by atoms with Gasteiger partial charge in [-0.3, -0.25) is 4.79 Å². The summed E-state index contributed by atoms with van der Waals surface area (Å²) in [4.78, 5) is 24.1. The number of hydrogen-bond acceptors (Lipinski definition) is 4. The summed E-state index contributed by atoms with van der Waals surface area (Å²) in [6.45, 7) is 8.47. The third kappa shape index (κ3) is 3.85. The smallest absolute Gasteiger partial charge is 0.429 e. The lowest BCUT2D eigenvalue weighted by Crippen LogP contribution is -2.49. The second-order valence-electron chi connectivity index (χ2n) is 6.54. The highest BCUT2D eigenvalue weighted by Crippen LogP contribution is 2.21. The number of amides is 2. The van der Waals surface area contributed by atoms with Crippen molar-refractivity contribution in [3.05, 3.63) is 0 Å². The number of hydrogen-bond donors (Lipinski definition) is 1. The summed E-state index contributed by atoms with van der Waals surface area (Å²) in [5, 5.41) is 6.37. The lowest BCUT2D eigenvalue weighted by Gasteiger charge is -2.33. The van der Waals surface area contributed by atoms with Crippen molar-refractivity contribution in [3.8, 4) is 0 Å². The van der Waals surface area contributed by atoms with Gasteiger partial charge in [-0.2, -0.15) is 0 Å². The largest absolute Gasteiger partial charge is 0.442 e. The molecule has 0 saturated carbocycles. The van der Waals surface area contributed by atoms with Gasteiger partial charge in [-0.15, -0.1) is 0 Å². The summed E-state index contributed by atoms with van der Waals surface area (Å²) >= 11 is 0. The van der Waals surface area contributed by atoms with Gasteiger partial charge in [0, 0.05) is 13.0 Å². The van der Waals surface area contributed by atoms with E-state index in [1.807, 2.05) is 20.8 Å². The van der Waals surface area contributed by atoms with Crippen LogP contribution in [0.1, 0.15) is 40.0 Å². The molecule has 0 aromatic carbocycles. The summed E-state index contributed by atoms with van der Waals surface area (Å²) in [6.07, 6.45) is 2.18. The normalized spacial score (nSPS) is 24.1. The van der Waals surface area contributed by atoms with Crippen LogP contribution in [0.5, 0.6) is 0 Å². The molecule has 6 nitrogen and oxygen atoms in total. The highest BCUT2D eigenvalue weighted by atomic mass is 16.6. The highest BCUT2D eigenvalue weighted by Gasteiger charge is 2.36. The second-order valence-corrected chi connectivity index (χ2v) is 6.54. The zero-order chi connectivity index (χ0) is 14.8. The molecule has 1 unspecified atom stereocenters. The first kappa shape index (κ1) is 15.1. The molecular formula is C14H25N3O3. The van der Waals surface area contributed by atoms with Crippen LogP contribution >= 0.6 is 0 Å². The van der Waals surface area contributed by atoms with E-state index in [-0.39, 0.29) is 5.91 Å². The number of nitrogens with zero attached hydrogens (tertiary/aromatic N) is 2. The van der Waals surface area contributed by atoms with Crippen molar-refractivity contribution in [2.75, 3.05) is 26.2 Å². The molecule has 0 aromatic heterocycles. The van der Waals surface area contributed by atoms with Crippen LogP contribution < -0.4 is 5.32 Å². The Morgan fingerprint density at radius 1 is 1.45 bits per heavy atom. The van der Waals surface area contributed by atoms with E-state index < -0.39 is 11.7 Å². The van der Waals surface area contributed by atoms with E-state index >= 15 is 0 Å². The van der Waals surface area contributed by atoms with E-state index in [0.717, 1.165) is 25.9 Å². The van der Waals surface area contributed by atoms with E-state index in [2.05, 4.69) is 5.32 Å². The molecule has 20 heavy (non-hydrogen) atoms. The third-order valence-electron chi connectivity index (χ3n) is 3.55. The van der Waals surface area contributed by atoms with Crippen LogP contribution in [0, 0.1) is 5.92 Å². The lowest BCUT2D eigenvalue weighted by molar-refractivity contribution is -0.138. The maximum Gasteiger partial charge on any atom is 0.429 e. The summed E-state index contributed by atoms with van der Waals surface area (Å²) in [5.74, 6) is 0.428. The molecule has 0 aliphatic carbocycles. The van der Waals surface area contributed by atoms with E-state index in [4.69, 9.17) is 4.74 Å². The van der Waals surface area contributed by atoms with E-state index in [1.54, 1.807) is 5.01 Å². The van der Waals surface area contributed by atoms with Crippen LogP contribution in [0.25, 0.3) is 0 Å². The molecule has 1 atom stereocenters. The van der Waals surface area contributed by atoms with Gasteiger partial charge in [0.2, 0.25) is 5.91 Å². The Morgan fingerprint density at radius 2 is 2.20 bits per heavy atom. The molecule has 2 aliphatic rings. The number of piperidine rings is 1. The molecule has 0 aromatic rings. The first-order valence-corrected chi connectivity index (χ1v) is 7.38. The van der Waals surface area contributed by atoms with Crippen LogP contribution in [0.3, 0.4) is 0 Å². The highest BCUT2D eigenvalue weighted by molar-refractivity contribution is 5.82. The summed E-state index contributed by atoms with van der Waals surface area (Å²) in [5.41, 5.74) is -0.541. The molecule has 2 fully saturated rings. The Morgan fingerprint density at radius 3 is 2.80 bits per heavy atom. The number of carbonyl (C=O) groups excluding carboxylic acids is 2. The van der Waals surface area contributed by atoms with E-state index in [0.29, 0.717) is 25.4 Å². The zero-order valence-corrected chi connectivity index (χ0v) is 12.6. The molecule has 2 rings (SSSR count). The van der Waals surface area contributed by atoms with Gasteiger partial charge in [0.25, 0.3) is 0 Å². The van der Waals surface area contributed by atoms with Gasteiger partial charge in [0.1, 0.15) is 5.60 Å². The molecule has 0 spiro atoms. The monoisotopic (exact) mass is 283 g/mol. The van der Waals surface area contributed by atoms with E-state index in [9.17, 15) is 9.59 Å². The standard InChI is InChI=1S/C14H25N3O3/c1-14(2,3)20-13(19)16-8-6-12(18)17(16)10-11-5-4-7-15-9-11/h11,15H,4-10H2,1-3H3. The number of carbonyl (C=O) groups is 2. The Labute approximate surface area is 120 Å². The van der Waals surface area contributed by atoms with Crippen molar-refractivity contribution in [1.29, 1.82) is 0 Å². The molecule has 1 N–H and O–H groups in total. The van der Waals surface area contributed by atoms with Crippen LogP contribution in [0.15, 0.2) is 0 Å². The van der Waals surface area contributed by atoms with Crippen LogP contribution in [-0.4, -0.2) is 53.8 Å². The summed E-state index contributed by atoms with van der Waals surface area (Å²) in [6, 6.07) is 0. The molecule has 0 radical (unpaired) electrons. The predicted octanol–water partition coefficient (Wildman–Crippen LogP) is 1.37. The topological polar surface area (TPSA) is 61.9 Å². The Kier molecular flexibility index (Phi) is 4.52. The molecule has 114 valence electrons. The number of ether oxygens (including phenoxy) is 1. The Bertz CT molecular complexity index is 372. The Hall–Kier alpha value is -1.30. The Balaban J connectivity index is 1.97. The maximum absolute atomic E-state index is 12.2. The zero-order valence-electron chi connectivity index (χ0n) is 12.6. The minimum atomic E-state index is -0.541.